The van der Waals surface area contributed by atoms with Crippen molar-refractivity contribution in [3.05, 3.63) is 102 Å². The van der Waals surface area contributed by atoms with Crippen LogP contribution in [-0.4, -0.2) is 25.9 Å². The predicted molar refractivity (Wildman–Crippen MR) is 135 cm³/mol. The van der Waals surface area contributed by atoms with Gasteiger partial charge in [-0.1, -0.05) is 42.5 Å². The number of hydrogen-bond donors (Lipinski definition) is 2. The summed E-state index contributed by atoms with van der Waals surface area (Å²) in [6, 6.07) is 26.3. The average molecular weight is 538 g/mol. The van der Waals surface area contributed by atoms with Gasteiger partial charge in [0.25, 0.3) is 15.9 Å². The number of benzene rings is 3. The standard InChI is InChI=1S/C25H20BrN3O4S/c26-22-16-19(18-6-2-1-3-7-18)9-14-23(22)33-17-25(30)28-20-10-12-21(13-11-20)34(31,32)29-24-8-4-5-15-27-24/h1-16H,17H2,(H,27,29)(H,28,30). The molecule has 4 aromatic rings. The lowest BCUT2D eigenvalue weighted by molar-refractivity contribution is -0.118. The van der Waals surface area contributed by atoms with Crippen molar-refractivity contribution in [3.63, 3.8) is 0 Å². The van der Waals surface area contributed by atoms with Gasteiger partial charge in [0.1, 0.15) is 11.6 Å². The van der Waals surface area contributed by atoms with Crippen LogP contribution < -0.4 is 14.8 Å². The number of carbonyl (C=O) groups excluding carboxylic acids is 1. The second-order valence-electron chi connectivity index (χ2n) is 7.19. The third kappa shape index (κ3) is 6.00. The highest BCUT2D eigenvalue weighted by molar-refractivity contribution is 9.10. The number of nitrogens with one attached hydrogen (secondary N) is 2. The highest BCUT2D eigenvalue weighted by Gasteiger charge is 2.15. The van der Waals surface area contributed by atoms with Gasteiger partial charge in [0.05, 0.1) is 9.37 Å². The first-order valence-electron chi connectivity index (χ1n) is 10.2. The molecule has 172 valence electrons. The molecule has 0 saturated carbocycles. The first kappa shape index (κ1) is 23.5. The highest BCUT2D eigenvalue weighted by Crippen LogP contribution is 2.30. The fourth-order valence-electron chi connectivity index (χ4n) is 3.11. The van der Waals surface area contributed by atoms with Crippen LogP contribution >= 0.6 is 15.9 Å². The van der Waals surface area contributed by atoms with Gasteiger partial charge in [0, 0.05) is 11.9 Å². The number of halogens is 1. The van der Waals surface area contributed by atoms with Gasteiger partial charge in [-0.25, -0.2) is 13.4 Å². The van der Waals surface area contributed by atoms with Gasteiger partial charge in [-0.2, -0.15) is 0 Å². The van der Waals surface area contributed by atoms with Crippen molar-refractivity contribution in [1.82, 2.24) is 4.98 Å². The Bertz CT molecular complexity index is 1380. The number of pyridine rings is 1. The van der Waals surface area contributed by atoms with E-state index in [2.05, 4.69) is 31.0 Å². The molecule has 3 aromatic carbocycles. The molecule has 1 aromatic heterocycles. The van der Waals surface area contributed by atoms with E-state index >= 15 is 0 Å². The molecule has 0 aliphatic carbocycles. The topological polar surface area (TPSA) is 97.4 Å². The Hall–Kier alpha value is -3.69. The predicted octanol–water partition coefficient (Wildman–Crippen LogP) is 5.33. The Kier molecular flexibility index (Phi) is 7.24. The second-order valence-corrected chi connectivity index (χ2v) is 9.73. The number of nitrogens with zero attached hydrogens (tertiary/aromatic N) is 1. The monoisotopic (exact) mass is 537 g/mol. The van der Waals surface area contributed by atoms with E-state index in [0.29, 0.717) is 11.4 Å². The molecular formula is C25H20BrN3O4S. The number of rotatable bonds is 8. The summed E-state index contributed by atoms with van der Waals surface area (Å²) in [4.78, 5) is 16.3. The van der Waals surface area contributed by atoms with Gasteiger partial charge in [0.2, 0.25) is 0 Å². The highest BCUT2D eigenvalue weighted by atomic mass is 79.9. The first-order chi connectivity index (χ1) is 16.4. The Morgan fingerprint density at radius 2 is 1.62 bits per heavy atom. The maximum Gasteiger partial charge on any atom is 0.263 e. The van der Waals surface area contributed by atoms with Crippen LogP contribution in [0.2, 0.25) is 0 Å². The van der Waals surface area contributed by atoms with Crippen molar-refractivity contribution in [2.45, 2.75) is 4.90 Å². The summed E-state index contributed by atoms with van der Waals surface area (Å²) in [7, 11) is -3.79. The van der Waals surface area contributed by atoms with Crippen LogP contribution in [0.25, 0.3) is 11.1 Å². The molecular weight excluding hydrogens is 518 g/mol. The van der Waals surface area contributed by atoms with E-state index in [4.69, 9.17) is 4.74 Å². The van der Waals surface area contributed by atoms with Crippen LogP contribution in [0, 0.1) is 0 Å². The molecule has 0 aliphatic rings. The Morgan fingerprint density at radius 3 is 2.29 bits per heavy atom. The van der Waals surface area contributed by atoms with Crippen molar-refractivity contribution in [2.24, 2.45) is 0 Å². The molecule has 0 bridgehead atoms. The van der Waals surface area contributed by atoms with Crippen LogP contribution in [-0.2, 0) is 14.8 Å². The van der Waals surface area contributed by atoms with E-state index in [1.165, 1.54) is 30.5 Å². The molecule has 4 rings (SSSR count). The smallest absolute Gasteiger partial charge is 0.263 e. The third-order valence-electron chi connectivity index (χ3n) is 4.75. The normalized spacial score (nSPS) is 11.0. The van der Waals surface area contributed by atoms with Gasteiger partial charge in [-0.3, -0.25) is 9.52 Å². The van der Waals surface area contributed by atoms with Gasteiger partial charge in [0.15, 0.2) is 6.61 Å². The van der Waals surface area contributed by atoms with E-state index in [-0.39, 0.29) is 23.2 Å². The molecule has 1 heterocycles. The Balaban J connectivity index is 1.34. The average Bonchev–Trinajstić information content (AvgIpc) is 2.84. The summed E-state index contributed by atoms with van der Waals surface area (Å²) >= 11 is 3.49. The Labute approximate surface area is 206 Å². The van der Waals surface area contributed by atoms with Crippen molar-refractivity contribution >= 4 is 43.4 Å². The zero-order valence-corrected chi connectivity index (χ0v) is 20.2. The maximum absolute atomic E-state index is 12.5. The zero-order valence-electron chi connectivity index (χ0n) is 17.8. The second kappa shape index (κ2) is 10.5. The minimum atomic E-state index is -3.79. The van der Waals surface area contributed by atoms with Crippen molar-refractivity contribution in [3.8, 4) is 16.9 Å². The van der Waals surface area contributed by atoms with E-state index in [1.54, 1.807) is 24.3 Å². The SMILES string of the molecule is O=C(COc1ccc(-c2ccccc2)cc1Br)Nc1ccc(S(=O)(=O)Nc2ccccn2)cc1. The van der Waals surface area contributed by atoms with E-state index in [0.717, 1.165) is 15.6 Å². The van der Waals surface area contributed by atoms with Crippen LogP contribution in [0.1, 0.15) is 0 Å². The van der Waals surface area contributed by atoms with E-state index in [1.807, 2.05) is 42.5 Å². The van der Waals surface area contributed by atoms with Crippen LogP contribution in [0.4, 0.5) is 11.5 Å². The summed E-state index contributed by atoms with van der Waals surface area (Å²) < 4.78 is 33.7. The minimum Gasteiger partial charge on any atom is -0.483 e. The Morgan fingerprint density at radius 1 is 0.882 bits per heavy atom. The number of sulfonamides is 1. The van der Waals surface area contributed by atoms with E-state index in [9.17, 15) is 13.2 Å². The maximum atomic E-state index is 12.5. The molecule has 0 saturated heterocycles. The fraction of sp³-hybridized carbons (Fsp3) is 0.0400. The number of carbonyl (C=O) groups is 1. The van der Waals surface area contributed by atoms with Crippen LogP contribution in [0.3, 0.4) is 0 Å². The number of anilines is 2. The summed E-state index contributed by atoms with van der Waals surface area (Å²) in [6.45, 7) is -0.204. The largest absolute Gasteiger partial charge is 0.483 e. The van der Waals surface area contributed by atoms with E-state index < -0.39 is 10.0 Å². The lowest BCUT2D eigenvalue weighted by Gasteiger charge is -2.11. The zero-order chi connectivity index (χ0) is 24.0. The lowest BCUT2D eigenvalue weighted by atomic mass is 10.1. The van der Waals surface area contributed by atoms with Crippen LogP contribution in [0.15, 0.2) is 107 Å². The van der Waals surface area contributed by atoms with Crippen molar-refractivity contribution in [2.75, 3.05) is 16.6 Å². The molecule has 9 heteroatoms. The van der Waals surface area contributed by atoms with Gasteiger partial charge in [-0.05, 0) is 75.6 Å². The quantitative estimate of drug-likeness (QED) is 0.316. The number of amides is 1. The van der Waals surface area contributed by atoms with Gasteiger partial charge >= 0.3 is 0 Å². The van der Waals surface area contributed by atoms with Crippen LogP contribution in [0.5, 0.6) is 5.75 Å². The molecule has 0 fully saturated rings. The lowest BCUT2D eigenvalue weighted by Crippen LogP contribution is -2.20. The molecule has 0 unspecified atom stereocenters. The fourth-order valence-corrected chi connectivity index (χ4v) is 4.61. The summed E-state index contributed by atoms with van der Waals surface area (Å²) in [6.07, 6.45) is 1.49. The molecule has 0 radical (unpaired) electrons. The molecule has 2 N–H and O–H groups in total. The summed E-state index contributed by atoms with van der Waals surface area (Å²) in [5.74, 6) is 0.387. The van der Waals surface area contributed by atoms with Gasteiger partial charge in [-0.15, -0.1) is 0 Å². The van der Waals surface area contributed by atoms with Gasteiger partial charge < -0.3 is 10.1 Å². The molecule has 0 aliphatic heterocycles. The molecule has 1 amide bonds. The first-order valence-corrected chi connectivity index (χ1v) is 12.5. The number of hydrogen-bond acceptors (Lipinski definition) is 5. The summed E-state index contributed by atoms with van der Waals surface area (Å²) in [5, 5.41) is 2.69. The van der Waals surface area contributed by atoms with Crippen molar-refractivity contribution < 1.29 is 17.9 Å². The molecule has 7 nitrogen and oxygen atoms in total. The molecule has 34 heavy (non-hydrogen) atoms. The molecule has 0 spiro atoms. The van der Waals surface area contributed by atoms with Crippen molar-refractivity contribution in [1.29, 1.82) is 0 Å². The minimum absolute atomic E-state index is 0.0508. The number of aromatic nitrogens is 1. The number of ether oxygens (including phenoxy) is 1. The third-order valence-corrected chi connectivity index (χ3v) is 6.74. The summed E-state index contributed by atoms with van der Waals surface area (Å²) in [5.41, 5.74) is 2.55. The molecule has 0 atom stereocenters.